The van der Waals surface area contributed by atoms with Gasteiger partial charge in [-0.25, -0.2) is 4.98 Å². The molecule has 0 unspecified atom stereocenters. The molecule has 0 fully saturated rings. The fourth-order valence-electron chi connectivity index (χ4n) is 10.8. The van der Waals surface area contributed by atoms with Crippen LogP contribution in [0.15, 0.2) is 237 Å². The van der Waals surface area contributed by atoms with Gasteiger partial charge in [0.15, 0.2) is 11.6 Å². The van der Waals surface area contributed by atoms with Crippen molar-refractivity contribution in [1.82, 2.24) is 24.1 Å². The van der Waals surface area contributed by atoms with E-state index in [1.54, 1.807) is 0 Å². The summed E-state index contributed by atoms with van der Waals surface area (Å²) in [5, 5.41) is 12.2. The van der Waals surface area contributed by atoms with Crippen molar-refractivity contribution in [2.75, 3.05) is 0 Å². The molecule has 0 saturated carbocycles. The number of hydrogen-bond acceptors (Lipinski definition) is 3. The second-order valence-electron chi connectivity index (χ2n) is 17.5. The van der Waals surface area contributed by atoms with E-state index in [4.69, 9.17) is 15.0 Å². The van der Waals surface area contributed by atoms with Gasteiger partial charge in [0.2, 0.25) is 5.95 Å². The van der Waals surface area contributed by atoms with Gasteiger partial charge >= 0.3 is 0 Å². The van der Waals surface area contributed by atoms with Gasteiger partial charge in [0, 0.05) is 38.2 Å². The number of fused-ring (bicyclic) bond motifs is 12. The standard InChI is InChI=1S/C63H39N5/c1-4-19-40(20-5-1)60-44(43-35-36-49-47-27-11-10-25-45(47)46-26-12-13-28-48(46)52(49)37-43)31-18-34-57(60)67-55-32-16-14-29-50(55)53-38-54-51-30-15-17-33-56(51)68(59(54)39-58(53)67)63-65-61(41-21-6-2-7-22-41)64-62(66-63)42-23-8-3-9-24-42/h1-39H. The molecule has 0 amide bonds. The van der Waals surface area contributed by atoms with Crippen molar-refractivity contribution in [2.24, 2.45) is 0 Å². The largest absolute Gasteiger partial charge is 0.309 e. The quantitative estimate of drug-likeness (QED) is 0.156. The zero-order chi connectivity index (χ0) is 44.7. The summed E-state index contributed by atoms with van der Waals surface area (Å²) in [7, 11) is 0. The third-order valence-corrected chi connectivity index (χ3v) is 13.8. The van der Waals surface area contributed by atoms with Gasteiger partial charge in [0.1, 0.15) is 0 Å². The molecule has 68 heavy (non-hydrogen) atoms. The molecule has 0 radical (unpaired) electrons. The molecule has 0 saturated heterocycles. The van der Waals surface area contributed by atoms with E-state index >= 15 is 0 Å². The van der Waals surface area contributed by atoms with Crippen LogP contribution in [-0.2, 0) is 0 Å². The minimum Gasteiger partial charge on any atom is -0.309 e. The molecule has 0 aliphatic carbocycles. The lowest BCUT2D eigenvalue weighted by Gasteiger charge is -2.19. The second-order valence-corrected chi connectivity index (χ2v) is 17.5. The zero-order valence-electron chi connectivity index (χ0n) is 36.8. The summed E-state index contributed by atoms with van der Waals surface area (Å²) in [4.78, 5) is 15.6. The fourth-order valence-corrected chi connectivity index (χ4v) is 10.8. The predicted octanol–water partition coefficient (Wildman–Crippen LogP) is 16.2. The van der Waals surface area contributed by atoms with Gasteiger partial charge in [-0.3, -0.25) is 4.57 Å². The summed E-state index contributed by atoms with van der Waals surface area (Å²) in [6.45, 7) is 0. The summed E-state index contributed by atoms with van der Waals surface area (Å²) in [5.41, 5.74) is 11.9. The molecular formula is C63H39N5. The lowest BCUT2D eigenvalue weighted by molar-refractivity contribution is 0.953. The Hall–Kier alpha value is -9.19. The Kier molecular flexibility index (Phi) is 8.52. The molecule has 0 bridgehead atoms. The predicted molar refractivity (Wildman–Crippen MR) is 283 cm³/mol. The summed E-state index contributed by atoms with van der Waals surface area (Å²) < 4.78 is 4.70. The van der Waals surface area contributed by atoms with E-state index in [9.17, 15) is 0 Å². The molecule has 0 aliphatic heterocycles. The van der Waals surface area contributed by atoms with Crippen LogP contribution in [0.4, 0.5) is 0 Å². The molecular weight excluding hydrogens is 827 g/mol. The van der Waals surface area contributed by atoms with Crippen molar-refractivity contribution < 1.29 is 0 Å². The number of benzene rings is 11. The van der Waals surface area contributed by atoms with Crippen LogP contribution in [0, 0.1) is 0 Å². The minimum atomic E-state index is 0.564. The number of rotatable bonds is 6. The highest BCUT2D eigenvalue weighted by atomic mass is 15.2. The van der Waals surface area contributed by atoms with Gasteiger partial charge in [-0.05, 0) is 85.4 Å². The molecule has 5 heteroatoms. The SMILES string of the molecule is c1ccc(-c2nc(-c3ccccc3)nc(-n3c4ccccc4c4cc5c6ccccc6n(-c6cccc(-c7ccc8c9ccccc9c9ccccc9c8c7)c6-c6ccccc6)c5cc43)n2)cc1. The number of hydrogen-bond donors (Lipinski definition) is 0. The molecule has 3 aromatic heterocycles. The maximum Gasteiger partial charge on any atom is 0.238 e. The first-order valence-electron chi connectivity index (χ1n) is 23.1. The van der Waals surface area contributed by atoms with Crippen molar-refractivity contribution in [3.63, 3.8) is 0 Å². The van der Waals surface area contributed by atoms with E-state index in [-0.39, 0.29) is 0 Å². The van der Waals surface area contributed by atoms with Gasteiger partial charge in [0.05, 0.1) is 27.8 Å². The van der Waals surface area contributed by atoms with Gasteiger partial charge in [-0.15, -0.1) is 0 Å². The van der Waals surface area contributed by atoms with Gasteiger partial charge in [-0.2, -0.15) is 9.97 Å². The minimum absolute atomic E-state index is 0.564. The maximum absolute atomic E-state index is 5.27. The molecule has 0 spiro atoms. The van der Waals surface area contributed by atoms with Gasteiger partial charge < -0.3 is 4.57 Å². The number of nitrogens with zero attached hydrogens (tertiary/aromatic N) is 5. The smallest absolute Gasteiger partial charge is 0.238 e. The first kappa shape index (κ1) is 38.1. The average Bonchev–Trinajstić information content (AvgIpc) is 3.92. The summed E-state index contributed by atoms with van der Waals surface area (Å²) in [6, 6.07) is 84.8. The first-order valence-corrected chi connectivity index (χ1v) is 23.1. The van der Waals surface area contributed by atoms with Crippen LogP contribution in [0.25, 0.3) is 133 Å². The molecule has 0 N–H and O–H groups in total. The number of para-hydroxylation sites is 2. The highest BCUT2D eigenvalue weighted by Gasteiger charge is 2.24. The van der Waals surface area contributed by atoms with Crippen LogP contribution in [-0.4, -0.2) is 24.1 Å². The molecule has 316 valence electrons. The zero-order valence-corrected chi connectivity index (χ0v) is 36.8. The highest BCUT2D eigenvalue weighted by molar-refractivity contribution is 6.26. The third-order valence-electron chi connectivity index (χ3n) is 13.8. The van der Waals surface area contributed by atoms with Crippen LogP contribution in [0.5, 0.6) is 0 Å². The van der Waals surface area contributed by atoms with Crippen LogP contribution >= 0.6 is 0 Å². The molecule has 0 aliphatic rings. The van der Waals surface area contributed by atoms with Crippen molar-refractivity contribution >= 4 is 75.9 Å². The van der Waals surface area contributed by atoms with E-state index in [1.165, 1.54) is 59.8 Å². The maximum atomic E-state index is 5.27. The monoisotopic (exact) mass is 865 g/mol. The van der Waals surface area contributed by atoms with E-state index in [1.807, 2.05) is 36.4 Å². The summed E-state index contributed by atoms with van der Waals surface area (Å²) >= 11 is 0. The van der Waals surface area contributed by atoms with E-state index < -0.39 is 0 Å². The Labute approximate surface area is 391 Å². The molecule has 11 aromatic carbocycles. The molecule has 14 aromatic rings. The topological polar surface area (TPSA) is 48.5 Å². The van der Waals surface area contributed by atoms with Crippen molar-refractivity contribution in [3.8, 4) is 56.7 Å². The fraction of sp³-hybridized carbons (Fsp3) is 0. The molecule has 0 atom stereocenters. The van der Waals surface area contributed by atoms with Crippen molar-refractivity contribution in [1.29, 1.82) is 0 Å². The highest BCUT2D eigenvalue weighted by Crippen LogP contribution is 2.45. The van der Waals surface area contributed by atoms with E-state index in [2.05, 4.69) is 209 Å². The van der Waals surface area contributed by atoms with Crippen LogP contribution in [0.1, 0.15) is 0 Å². The van der Waals surface area contributed by atoms with E-state index in [0.717, 1.165) is 55.2 Å². The van der Waals surface area contributed by atoms with Gasteiger partial charge in [-0.1, -0.05) is 200 Å². The molecule has 14 rings (SSSR count). The Balaban J connectivity index is 1.06. The average molecular weight is 866 g/mol. The van der Waals surface area contributed by atoms with Crippen molar-refractivity contribution in [2.45, 2.75) is 0 Å². The third kappa shape index (κ3) is 5.86. The van der Waals surface area contributed by atoms with Crippen LogP contribution < -0.4 is 0 Å². The van der Waals surface area contributed by atoms with Crippen molar-refractivity contribution in [3.05, 3.63) is 237 Å². The molecule has 5 nitrogen and oxygen atoms in total. The lowest BCUT2D eigenvalue weighted by Crippen LogP contribution is -2.06. The summed E-state index contributed by atoms with van der Waals surface area (Å²) in [6.07, 6.45) is 0. The van der Waals surface area contributed by atoms with Crippen LogP contribution in [0.3, 0.4) is 0 Å². The Morgan fingerprint density at radius 2 is 0.706 bits per heavy atom. The number of aromatic nitrogens is 5. The Morgan fingerprint density at radius 3 is 1.28 bits per heavy atom. The first-order chi connectivity index (χ1) is 33.7. The Bertz CT molecular complexity index is 4210. The van der Waals surface area contributed by atoms with E-state index in [0.29, 0.717) is 17.6 Å². The normalized spacial score (nSPS) is 11.8. The van der Waals surface area contributed by atoms with Crippen LogP contribution in [0.2, 0.25) is 0 Å². The lowest BCUT2D eigenvalue weighted by atomic mass is 9.89. The molecule has 3 heterocycles. The van der Waals surface area contributed by atoms with Gasteiger partial charge in [0.25, 0.3) is 0 Å². The Morgan fingerprint density at radius 1 is 0.250 bits per heavy atom. The summed E-state index contributed by atoms with van der Waals surface area (Å²) in [5.74, 6) is 1.80. The second kappa shape index (κ2) is 15.2.